The number of hydrogen-bond acceptors (Lipinski definition) is 4. The first-order valence-corrected chi connectivity index (χ1v) is 11.5. The molecule has 5 rings (SSSR count). The van der Waals surface area contributed by atoms with Gasteiger partial charge in [0.25, 0.3) is 5.91 Å². The molecule has 6 nitrogen and oxygen atoms in total. The smallest absolute Gasteiger partial charge is 0.310 e. The van der Waals surface area contributed by atoms with E-state index in [0.717, 1.165) is 6.42 Å². The minimum Gasteiger partial charge on any atom is -0.461 e. The van der Waals surface area contributed by atoms with Crippen molar-refractivity contribution in [1.29, 1.82) is 0 Å². The Morgan fingerprint density at radius 3 is 2.52 bits per heavy atom. The van der Waals surface area contributed by atoms with Crippen LogP contribution in [0.4, 0.5) is 11.4 Å². The molecule has 1 aliphatic heterocycles. The van der Waals surface area contributed by atoms with Crippen LogP contribution in [0.2, 0.25) is 10.0 Å². The number of anilines is 2. The Morgan fingerprint density at radius 2 is 1.77 bits per heavy atom. The molecule has 6 atom stereocenters. The monoisotopic (exact) mass is 522 g/mol. The van der Waals surface area contributed by atoms with Gasteiger partial charge in [0.15, 0.2) is 0 Å². The lowest BCUT2D eigenvalue weighted by Gasteiger charge is -2.27. The fourth-order valence-electron chi connectivity index (χ4n) is 5.06. The Hall–Kier alpha value is -2.09. The molecule has 3 fully saturated rings. The Labute approximate surface area is 196 Å². The van der Waals surface area contributed by atoms with Crippen LogP contribution in [0.15, 0.2) is 42.5 Å². The molecule has 2 aliphatic carbocycles. The molecule has 2 aromatic carbocycles. The number of carbonyl (C=O) groups excluding carboxylic acids is 3. The summed E-state index contributed by atoms with van der Waals surface area (Å²) in [4.78, 5) is 37.7. The number of amides is 2. The van der Waals surface area contributed by atoms with Gasteiger partial charge in [-0.2, -0.15) is 0 Å². The number of carbonyl (C=O) groups is 3. The summed E-state index contributed by atoms with van der Waals surface area (Å²) in [5.41, 5.74) is 1.37. The topological polar surface area (TPSA) is 84.5 Å². The second-order valence-corrected chi connectivity index (χ2v) is 9.93. The van der Waals surface area contributed by atoms with Gasteiger partial charge in [-0.05, 0) is 48.7 Å². The quantitative estimate of drug-likeness (QED) is 0.447. The lowest BCUT2D eigenvalue weighted by Crippen LogP contribution is -2.40. The average molecular weight is 524 g/mol. The molecule has 0 radical (unpaired) electrons. The van der Waals surface area contributed by atoms with E-state index in [0.29, 0.717) is 22.0 Å². The summed E-state index contributed by atoms with van der Waals surface area (Å²) in [6.45, 7) is 0. The molecule has 3 aliphatic rings. The minimum atomic E-state index is -0.409. The van der Waals surface area contributed by atoms with Gasteiger partial charge < -0.3 is 15.4 Å². The van der Waals surface area contributed by atoms with Gasteiger partial charge in [0.1, 0.15) is 6.10 Å². The number of benzene rings is 2. The molecule has 9 heteroatoms. The molecule has 2 amide bonds. The van der Waals surface area contributed by atoms with Gasteiger partial charge in [0, 0.05) is 17.2 Å². The fourth-order valence-corrected chi connectivity index (χ4v) is 6.45. The van der Waals surface area contributed by atoms with Crippen molar-refractivity contribution in [3.05, 3.63) is 58.1 Å². The second kappa shape index (κ2) is 7.80. The van der Waals surface area contributed by atoms with Crippen molar-refractivity contribution >= 4 is 68.3 Å². The minimum absolute atomic E-state index is 0.0142. The van der Waals surface area contributed by atoms with Gasteiger partial charge in [0.2, 0.25) is 5.91 Å². The van der Waals surface area contributed by atoms with E-state index in [9.17, 15) is 14.4 Å². The van der Waals surface area contributed by atoms with Crippen LogP contribution in [0.3, 0.4) is 0 Å². The van der Waals surface area contributed by atoms with Crippen molar-refractivity contribution in [3.63, 3.8) is 0 Å². The van der Waals surface area contributed by atoms with Gasteiger partial charge in [-0.25, -0.2) is 0 Å². The van der Waals surface area contributed by atoms with Crippen molar-refractivity contribution in [2.75, 3.05) is 10.6 Å². The largest absolute Gasteiger partial charge is 0.461 e. The van der Waals surface area contributed by atoms with Crippen LogP contribution in [0.5, 0.6) is 0 Å². The lowest BCUT2D eigenvalue weighted by molar-refractivity contribution is -0.145. The highest BCUT2D eigenvalue weighted by atomic mass is 79.9. The predicted molar refractivity (Wildman–Crippen MR) is 121 cm³/mol. The molecule has 2 N–H and O–H groups in total. The van der Waals surface area contributed by atoms with E-state index in [2.05, 4.69) is 26.6 Å². The first-order chi connectivity index (χ1) is 14.8. The van der Waals surface area contributed by atoms with Crippen LogP contribution in [-0.2, 0) is 14.3 Å². The number of alkyl halides is 1. The molecule has 0 unspecified atom stereocenters. The van der Waals surface area contributed by atoms with E-state index in [-0.39, 0.29) is 51.5 Å². The number of ether oxygens (including phenoxy) is 1. The number of nitrogens with one attached hydrogen (secondary N) is 2. The van der Waals surface area contributed by atoms with Crippen LogP contribution in [0.1, 0.15) is 16.8 Å². The fraction of sp³-hybridized carbons (Fsp3) is 0.318. The second-order valence-electron chi connectivity index (χ2n) is 8.08. The molecule has 2 aromatic rings. The highest BCUT2D eigenvalue weighted by Crippen LogP contribution is 2.60. The van der Waals surface area contributed by atoms with E-state index >= 15 is 0 Å². The SMILES string of the molecule is O=C(Nc1cccc(Cl)c1Cl)c1ccc(NC(=O)[C@@H]2[C@H]3C[C@H]4[C@H](OC(=O)[C@H]42)[C@@H]3Br)cc1. The lowest BCUT2D eigenvalue weighted by atomic mass is 9.79. The molecule has 1 heterocycles. The van der Waals surface area contributed by atoms with Gasteiger partial charge in [-0.3, -0.25) is 14.4 Å². The first kappa shape index (κ1) is 20.8. The van der Waals surface area contributed by atoms with Crippen LogP contribution in [-0.4, -0.2) is 28.7 Å². The average Bonchev–Trinajstić information content (AvgIpc) is 3.36. The zero-order valence-electron chi connectivity index (χ0n) is 16.0. The third-order valence-corrected chi connectivity index (χ3v) is 8.46. The predicted octanol–water partition coefficient (Wildman–Crippen LogP) is 4.76. The van der Waals surface area contributed by atoms with Crippen molar-refractivity contribution in [3.8, 4) is 0 Å². The van der Waals surface area contributed by atoms with Crippen LogP contribution in [0.25, 0.3) is 0 Å². The van der Waals surface area contributed by atoms with Crippen molar-refractivity contribution < 1.29 is 19.1 Å². The molecule has 2 bridgehead atoms. The molecule has 160 valence electrons. The third kappa shape index (κ3) is 3.43. The van der Waals surface area contributed by atoms with Crippen molar-refractivity contribution in [2.45, 2.75) is 17.4 Å². The van der Waals surface area contributed by atoms with Crippen molar-refractivity contribution in [2.24, 2.45) is 23.7 Å². The summed E-state index contributed by atoms with van der Waals surface area (Å²) in [6.07, 6.45) is 0.706. The Morgan fingerprint density at radius 1 is 1.03 bits per heavy atom. The number of rotatable bonds is 4. The van der Waals surface area contributed by atoms with E-state index in [1.807, 2.05) is 0 Å². The standard InChI is InChI=1S/C22H17BrCl2N2O4/c23-17-11-8-12-16(22(30)31-19(12)17)15(11)21(29)26-10-6-4-9(5-7-10)20(28)27-14-3-1-2-13(24)18(14)25/h1-7,11-12,15-17,19H,8H2,(H,26,29)(H,27,28)/t11-,12-,15-,16-,17-,19+/m1/s1. The van der Waals surface area contributed by atoms with Crippen LogP contribution < -0.4 is 10.6 Å². The van der Waals surface area contributed by atoms with Gasteiger partial charge in [-0.15, -0.1) is 0 Å². The number of esters is 1. The van der Waals surface area contributed by atoms with E-state index in [1.54, 1.807) is 42.5 Å². The highest BCUT2D eigenvalue weighted by molar-refractivity contribution is 9.09. The number of halogens is 3. The van der Waals surface area contributed by atoms with Crippen LogP contribution >= 0.6 is 39.1 Å². The van der Waals surface area contributed by atoms with Crippen LogP contribution in [0, 0.1) is 23.7 Å². The Balaban J connectivity index is 1.26. The van der Waals surface area contributed by atoms with Crippen molar-refractivity contribution in [1.82, 2.24) is 0 Å². The molecular formula is C22H17BrCl2N2O4. The summed E-state index contributed by atoms with van der Waals surface area (Å²) in [7, 11) is 0. The molecule has 1 saturated heterocycles. The summed E-state index contributed by atoms with van der Waals surface area (Å²) in [5.74, 6) is -1.39. The number of fused-ring (bicyclic) bond motifs is 1. The first-order valence-electron chi connectivity index (χ1n) is 9.86. The molecule has 31 heavy (non-hydrogen) atoms. The normalized spacial score (nSPS) is 30.2. The summed E-state index contributed by atoms with van der Waals surface area (Å²) in [5, 5.41) is 6.22. The van der Waals surface area contributed by atoms with Gasteiger partial charge in [-0.1, -0.05) is 45.2 Å². The van der Waals surface area contributed by atoms with Gasteiger partial charge in [0.05, 0.1) is 32.4 Å². The maximum Gasteiger partial charge on any atom is 0.310 e. The highest BCUT2D eigenvalue weighted by Gasteiger charge is 2.67. The van der Waals surface area contributed by atoms with E-state index in [1.165, 1.54) is 0 Å². The zero-order valence-corrected chi connectivity index (χ0v) is 19.1. The van der Waals surface area contributed by atoms with E-state index in [4.69, 9.17) is 27.9 Å². The summed E-state index contributed by atoms with van der Waals surface area (Å²) in [6, 6.07) is 11.5. The Bertz CT molecular complexity index is 1090. The third-order valence-electron chi connectivity index (χ3n) is 6.44. The number of hydrogen-bond donors (Lipinski definition) is 2. The molecule has 2 saturated carbocycles. The molecular weight excluding hydrogens is 507 g/mol. The van der Waals surface area contributed by atoms with E-state index < -0.39 is 5.92 Å². The van der Waals surface area contributed by atoms with Gasteiger partial charge >= 0.3 is 5.97 Å². The Kier molecular flexibility index (Phi) is 5.23. The molecule has 0 aromatic heterocycles. The molecule has 0 spiro atoms. The summed E-state index contributed by atoms with van der Waals surface area (Å²) >= 11 is 15.7. The zero-order chi connectivity index (χ0) is 21.9. The summed E-state index contributed by atoms with van der Waals surface area (Å²) < 4.78 is 5.46. The maximum atomic E-state index is 13.0. The maximum absolute atomic E-state index is 13.0.